The lowest BCUT2D eigenvalue weighted by atomic mass is 10.1. The Balaban J connectivity index is 2.31. The van der Waals surface area contributed by atoms with Gasteiger partial charge in [0.05, 0.1) is 17.6 Å². The molecule has 1 aromatic heterocycles. The van der Waals surface area contributed by atoms with Crippen LogP contribution in [0.1, 0.15) is 25.5 Å². The first-order valence-electron chi connectivity index (χ1n) is 5.24. The summed E-state index contributed by atoms with van der Waals surface area (Å²) in [6, 6.07) is 6.25. The summed E-state index contributed by atoms with van der Waals surface area (Å²) in [6.07, 6.45) is 3.49. The molecule has 0 atom stereocenters. The second kappa shape index (κ2) is 4.39. The molecule has 82 valence electrons. The summed E-state index contributed by atoms with van der Waals surface area (Å²) >= 11 is 0. The molecule has 0 radical (unpaired) electrons. The van der Waals surface area contributed by atoms with E-state index >= 15 is 0 Å². The van der Waals surface area contributed by atoms with Crippen molar-refractivity contribution in [1.29, 1.82) is 0 Å². The minimum atomic E-state index is -0.240. The summed E-state index contributed by atoms with van der Waals surface area (Å²) in [7, 11) is 0. The number of rotatable bonds is 2. The minimum absolute atomic E-state index is 0.240. The summed E-state index contributed by atoms with van der Waals surface area (Å²) in [6.45, 7) is 4.14. The van der Waals surface area contributed by atoms with E-state index in [9.17, 15) is 4.39 Å². The molecule has 0 saturated carbocycles. The van der Waals surface area contributed by atoms with Crippen LogP contribution in [0, 0.1) is 5.82 Å². The van der Waals surface area contributed by atoms with E-state index in [0.717, 1.165) is 17.0 Å². The number of halogens is 1. The van der Waals surface area contributed by atoms with Crippen LogP contribution in [-0.2, 0) is 0 Å². The van der Waals surface area contributed by atoms with Crippen LogP contribution in [0.5, 0.6) is 0 Å². The van der Waals surface area contributed by atoms with Gasteiger partial charge in [0.1, 0.15) is 5.82 Å². The SMILES string of the molecule is CC(C)c1cnc(-c2ccc(F)cc2)cn1. The molecule has 2 rings (SSSR count). The van der Waals surface area contributed by atoms with Crippen molar-refractivity contribution in [3.63, 3.8) is 0 Å². The van der Waals surface area contributed by atoms with Gasteiger partial charge in [-0.25, -0.2) is 4.39 Å². The van der Waals surface area contributed by atoms with Crippen LogP contribution in [0.2, 0.25) is 0 Å². The van der Waals surface area contributed by atoms with Crippen molar-refractivity contribution < 1.29 is 4.39 Å². The van der Waals surface area contributed by atoms with Gasteiger partial charge in [-0.15, -0.1) is 0 Å². The molecule has 0 aliphatic heterocycles. The molecule has 0 fully saturated rings. The van der Waals surface area contributed by atoms with Crippen LogP contribution >= 0.6 is 0 Å². The second-order valence-electron chi connectivity index (χ2n) is 3.99. The van der Waals surface area contributed by atoms with Crippen molar-refractivity contribution in [3.05, 3.63) is 48.2 Å². The van der Waals surface area contributed by atoms with Crippen LogP contribution in [0.15, 0.2) is 36.7 Å². The van der Waals surface area contributed by atoms with Crippen LogP contribution in [0.4, 0.5) is 4.39 Å². The van der Waals surface area contributed by atoms with Gasteiger partial charge < -0.3 is 0 Å². The number of hydrogen-bond acceptors (Lipinski definition) is 2. The van der Waals surface area contributed by atoms with Gasteiger partial charge in [0.25, 0.3) is 0 Å². The number of hydrogen-bond donors (Lipinski definition) is 0. The Kier molecular flexibility index (Phi) is 2.95. The van der Waals surface area contributed by atoms with Gasteiger partial charge in [-0.3, -0.25) is 9.97 Å². The monoisotopic (exact) mass is 216 g/mol. The Morgan fingerprint density at radius 2 is 1.69 bits per heavy atom. The molecule has 2 nitrogen and oxygen atoms in total. The third-order valence-electron chi connectivity index (χ3n) is 2.40. The van der Waals surface area contributed by atoms with Crippen LogP contribution in [0.3, 0.4) is 0 Å². The molecule has 0 amide bonds. The highest BCUT2D eigenvalue weighted by molar-refractivity contribution is 5.57. The van der Waals surface area contributed by atoms with Crippen LogP contribution in [-0.4, -0.2) is 9.97 Å². The van der Waals surface area contributed by atoms with Crippen molar-refractivity contribution >= 4 is 0 Å². The van der Waals surface area contributed by atoms with E-state index in [4.69, 9.17) is 0 Å². The summed E-state index contributed by atoms with van der Waals surface area (Å²) in [5.74, 6) is 0.130. The van der Waals surface area contributed by atoms with E-state index in [-0.39, 0.29) is 5.82 Å². The highest BCUT2D eigenvalue weighted by Crippen LogP contribution is 2.17. The van der Waals surface area contributed by atoms with Gasteiger partial charge in [-0.05, 0) is 30.2 Å². The molecule has 0 bridgehead atoms. The zero-order valence-electron chi connectivity index (χ0n) is 9.31. The predicted octanol–water partition coefficient (Wildman–Crippen LogP) is 3.41. The van der Waals surface area contributed by atoms with Crippen LogP contribution in [0.25, 0.3) is 11.3 Å². The molecule has 0 N–H and O–H groups in total. The predicted molar refractivity (Wildman–Crippen MR) is 61.5 cm³/mol. The lowest BCUT2D eigenvalue weighted by Crippen LogP contribution is -1.94. The Hall–Kier alpha value is -1.77. The maximum absolute atomic E-state index is 12.7. The molecular weight excluding hydrogens is 203 g/mol. The summed E-state index contributed by atoms with van der Waals surface area (Å²) in [5, 5.41) is 0. The largest absolute Gasteiger partial charge is 0.257 e. The zero-order chi connectivity index (χ0) is 11.5. The van der Waals surface area contributed by atoms with Crippen molar-refractivity contribution in [2.75, 3.05) is 0 Å². The fraction of sp³-hybridized carbons (Fsp3) is 0.231. The van der Waals surface area contributed by atoms with Crippen molar-refractivity contribution in [1.82, 2.24) is 9.97 Å². The molecule has 0 saturated heterocycles. The van der Waals surface area contributed by atoms with Gasteiger partial charge in [0.15, 0.2) is 0 Å². The van der Waals surface area contributed by atoms with E-state index in [1.54, 1.807) is 24.5 Å². The van der Waals surface area contributed by atoms with Gasteiger partial charge in [-0.2, -0.15) is 0 Å². The summed E-state index contributed by atoms with van der Waals surface area (Å²) < 4.78 is 12.7. The minimum Gasteiger partial charge on any atom is -0.257 e. The van der Waals surface area contributed by atoms with E-state index in [0.29, 0.717) is 5.92 Å². The van der Waals surface area contributed by atoms with Crippen molar-refractivity contribution in [3.8, 4) is 11.3 Å². The first kappa shape index (κ1) is 10.7. The molecule has 0 unspecified atom stereocenters. The number of aromatic nitrogens is 2. The Labute approximate surface area is 94.2 Å². The molecule has 0 spiro atoms. The van der Waals surface area contributed by atoms with E-state index in [1.807, 2.05) is 0 Å². The number of nitrogens with zero attached hydrogens (tertiary/aromatic N) is 2. The standard InChI is InChI=1S/C13H13FN2/c1-9(2)12-7-16-13(8-15-12)10-3-5-11(14)6-4-10/h3-9H,1-2H3. The van der Waals surface area contributed by atoms with E-state index in [2.05, 4.69) is 23.8 Å². The average molecular weight is 216 g/mol. The highest BCUT2D eigenvalue weighted by Gasteiger charge is 2.03. The topological polar surface area (TPSA) is 25.8 Å². The fourth-order valence-electron chi connectivity index (χ4n) is 1.41. The smallest absolute Gasteiger partial charge is 0.123 e. The molecule has 3 heteroatoms. The quantitative estimate of drug-likeness (QED) is 0.768. The maximum atomic E-state index is 12.7. The van der Waals surface area contributed by atoms with Gasteiger partial charge >= 0.3 is 0 Å². The normalized spacial score (nSPS) is 10.8. The van der Waals surface area contributed by atoms with Crippen molar-refractivity contribution in [2.24, 2.45) is 0 Å². The zero-order valence-corrected chi connectivity index (χ0v) is 9.31. The lowest BCUT2D eigenvalue weighted by molar-refractivity contribution is 0.628. The Bertz CT molecular complexity index is 460. The highest BCUT2D eigenvalue weighted by atomic mass is 19.1. The molecular formula is C13H13FN2. The van der Waals surface area contributed by atoms with Gasteiger partial charge in [0.2, 0.25) is 0 Å². The van der Waals surface area contributed by atoms with Crippen LogP contribution < -0.4 is 0 Å². The molecule has 0 aliphatic carbocycles. The third kappa shape index (κ3) is 2.24. The lowest BCUT2D eigenvalue weighted by Gasteiger charge is -2.05. The maximum Gasteiger partial charge on any atom is 0.123 e. The molecule has 16 heavy (non-hydrogen) atoms. The number of benzene rings is 1. The summed E-state index contributed by atoms with van der Waals surface area (Å²) in [5.41, 5.74) is 2.61. The molecule has 2 aromatic rings. The molecule has 1 heterocycles. The Morgan fingerprint density at radius 3 is 2.19 bits per heavy atom. The summed E-state index contributed by atoms with van der Waals surface area (Å²) in [4.78, 5) is 8.64. The molecule has 1 aromatic carbocycles. The molecule has 0 aliphatic rings. The Morgan fingerprint density at radius 1 is 1.00 bits per heavy atom. The van der Waals surface area contributed by atoms with Crippen molar-refractivity contribution in [2.45, 2.75) is 19.8 Å². The first-order valence-corrected chi connectivity index (χ1v) is 5.24. The van der Waals surface area contributed by atoms with Gasteiger partial charge in [0, 0.05) is 11.8 Å². The third-order valence-corrected chi connectivity index (χ3v) is 2.40. The van der Waals surface area contributed by atoms with Gasteiger partial charge in [-0.1, -0.05) is 13.8 Å². The first-order chi connectivity index (χ1) is 7.66. The second-order valence-corrected chi connectivity index (χ2v) is 3.99. The van der Waals surface area contributed by atoms with E-state index in [1.165, 1.54) is 12.1 Å². The fourth-order valence-corrected chi connectivity index (χ4v) is 1.41. The average Bonchev–Trinajstić information content (AvgIpc) is 2.30. The van der Waals surface area contributed by atoms with E-state index < -0.39 is 0 Å².